The highest BCUT2D eigenvalue weighted by Crippen LogP contribution is 2.22. The zero-order chi connectivity index (χ0) is 14.5. The number of nitro benzene ring substituents is 1. The fourth-order valence-corrected chi connectivity index (χ4v) is 2.17. The van der Waals surface area contributed by atoms with Gasteiger partial charge in [-0.05, 0) is 11.6 Å². The van der Waals surface area contributed by atoms with Crippen molar-refractivity contribution in [3.05, 3.63) is 50.1 Å². The molecule has 20 heavy (non-hydrogen) atoms. The highest BCUT2D eigenvalue weighted by molar-refractivity contribution is 9.10. The van der Waals surface area contributed by atoms with Gasteiger partial charge < -0.3 is 9.84 Å². The van der Waals surface area contributed by atoms with Crippen molar-refractivity contribution in [1.82, 2.24) is 15.5 Å². The van der Waals surface area contributed by atoms with Gasteiger partial charge in [0.15, 0.2) is 5.82 Å². The lowest BCUT2D eigenvalue weighted by atomic mass is 10.2. The average molecular weight is 341 g/mol. The Morgan fingerprint density at radius 1 is 1.50 bits per heavy atom. The Morgan fingerprint density at radius 3 is 2.90 bits per heavy atom. The lowest BCUT2D eigenvalue weighted by Crippen LogP contribution is -2.17. The van der Waals surface area contributed by atoms with E-state index in [1.54, 1.807) is 13.0 Å². The first-order chi connectivity index (χ1) is 9.56. The normalized spacial score (nSPS) is 10.7. The van der Waals surface area contributed by atoms with Crippen LogP contribution in [0, 0.1) is 17.0 Å². The Balaban J connectivity index is 1.83. The molecule has 0 fully saturated rings. The van der Waals surface area contributed by atoms with Crippen molar-refractivity contribution in [3.8, 4) is 0 Å². The maximum absolute atomic E-state index is 10.6. The van der Waals surface area contributed by atoms with Crippen molar-refractivity contribution in [2.45, 2.75) is 19.9 Å². The fourth-order valence-electron chi connectivity index (χ4n) is 1.66. The molecule has 106 valence electrons. The van der Waals surface area contributed by atoms with Crippen LogP contribution in [0.4, 0.5) is 5.69 Å². The summed E-state index contributed by atoms with van der Waals surface area (Å²) in [5.74, 6) is 1.22. The predicted octanol–water partition coefficient (Wildman–Crippen LogP) is 2.38. The Hall–Kier alpha value is -1.80. The largest absolute Gasteiger partial charge is 0.340 e. The molecule has 0 amide bonds. The Morgan fingerprint density at radius 2 is 2.30 bits per heavy atom. The van der Waals surface area contributed by atoms with Gasteiger partial charge in [0, 0.05) is 43.0 Å². The van der Waals surface area contributed by atoms with Gasteiger partial charge in [0.1, 0.15) is 0 Å². The molecular weight excluding hydrogens is 328 g/mol. The fraction of sp³-hybridized carbons (Fsp3) is 0.333. The second-order valence-electron chi connectivity index (χ2n) is 4.19. The SMILES string of the molecule is Cc1nc(CCNCc2ccc([N+](=O)[O-])cc2Br)no1. The minimum Gasteiger partial charge on any atom is -0.340 e. The standard InChI is InChI=1S/C12H13BrN4O3/c1-8-15-12(16-20-8)4-5-14-7-9-2-3-10(17(18)19)6-11(9)13/h2-3,6,14H,4-5,7H2,1H3. The van der Waals surface area contributed by atoms with Crippen LogP contribution in [-0.2, 0) is 13.0 Å². The molecule has 1 N–H and O–H groups in total. The lowest BCUT2D eigenvalue weighted by Gasteiger charge is -2.05. The van der Waals surface area contributed by atoms with Gasteiger partial charge in [0.2, 0.25) is 5.89 Å². The summed E-state index contributed by atoms with van der Waals surface area (Å²) in [6.07, 6.45) is 0.669. The number of nitrogens with zero attached hydrogens (tertiary/aromatic N) is 3. The third-order valence-corrected chi connectivity index (χ3v) is 3.40. The van der Waals surface area contributed by atoms with Gasteiger partial charge in [-0.2, -0.15) is 4.98 Å². The number of benzene rings is 1. The van der Waals surface area contributed by atoms with E-state index in [-0.39, 0.29) is 5.69 Å². The molecular formula is C12H13BrN4O3. The van der Waals surface area contributed by atoms with Gasteiger partial charge in [0.05, 0.1) is 4.92 Å². The van der Waals surface area contributed by atoms with Gasteiger partial charge in [0.25, 0.3) is 5.69 Å². The first-order valence-electron chi connectivity index (χ1n) is 5.99. The number of hydrogen-bond acceptors (Lipinski definition) is 6. The van der Waals surface area contributed by atoms with Crippen LogP contribution in [0.2, 0.25) is 0 Å². The van der Waals surface area contributed by atoms with E-state index in [4.69, 9.17) is 4.52 Å². The van der Waals surface area contributed by atoms with Crippen LogP contribution >= 0.6 is 15.9 Å². The van der Waals surface area contributed by atoms with Crippen LogP contribution in [0.1, 0.15) is 17.3 Å². The Labute approximate surface area is 123 Å². The molecule has 0 unspecified atom stereocenters. The molecule has 2 rings (SSSR count). The molecule has 0 aliphatic rings. The van der Waals surface area contributed by atoms with E-state index in [0.29, 0.717) is 31.2 Å². The zero-order valence-electron chi connectivity index (χ0n) is 10.8. The summed E-state index contributed by atoms with van der Waals surface area (Å²) in [7, 11) is 0. The molecule has 0 saturated heterocycles. The summed E-state index contributed by atoms with van der Waals surface area (Å²) in [6, 6.07) is 4.72. The van der Waals surface area contributed by atoms with E-state index in [1.807, 2.05) is 0 Å². The molecule has 0 saturated carbocycles. The van der Waals surface area contributed by atoms with Crippen molar-refractivity contribution in [2.75, 3.05) is 6.54 Å². The number of aromatic nitrogens is 2. The quantitative estimate of drug-likeness (QED) is 0.492. The number of hydrogen-bond donors (Lipinski definition) is 1. The first kappa shape index (κ1) is 14.6. The van der Waals surface area contributed by atoms with E-state index in [1.165, 1.54) is 12.1 Å². The van der Waals surface area contributed by atoms with Gasteiger partial charge in [-0.15, -0.1) is 0 Å². The predicted molar refractivity (Wildman–Crippen MR) is 75.2 cm³/mol. The van der Waals surface area contributed by atoms with Crippen LogP contribution in [0.25, 0.3) is 0 Å². The number of non-ortho nitro benzene ring substituents is 1. The maximum atomic E-state index is 10.6. The minimum atomic E-state index is -0.416. The van der Waals surface area contributed by atoms with E-state index >= 15 is 0 Å². The second kappa shape index (κ2) is 6.58. The monoisotopic (exact) mass is 340 g/mol. The first-order valence-corrected chi connectivity index (χ1v) is 6.78. The van der Waals surface area contributed by atoms with Gasteiger partial charge >= 0.3 is 0 Å². The van der Waals surface area contributed by atoms with E-state index in [2.05, 4.69) is 31.4 Å². The summed E-state index contributed by atoms with van der Waals surface area (Å²) in [5.41, 5.74) is 1.03. The summed E-state index contributed by atoms with van der Waals surface area (Å²) in [4.78, 5) is 14.3. The topological polar surface area (TPSA) is 94.1 Å². The lowest BCUT2D eigenvalue weighted by molar-refractivity contribution is -0.384. The molecule has 0 aliphatic heterocycles. The minimum absolute atomic E-state index is 0.0721. The summed E-state index contributed by atoms with van der Waals surface area (Å²) >= 11 is 3.33. The van der Waals surface area contributed by atoms with Crippen molar-refractivity contribution in [3.63, 3.8) is 0 Å². The van der Waals surface area contributed by atoms with Gasteiger partial charge in [-0.1, -0.05) is 21.1 Å². The third-order valence-electron chi connectivity index (χ3n) is 2.66. The van der Waals surface area contributed by atoms with Crippen LogP contribution in [0.3, 0.4) is 0 Å². The number of nitrogens with one attached hydrogen (secondary N) is 1. The number of aryl methyl sites for hydroxylation is 1. The van der Waals surface area contributed by atoms with Gasteiger partial charge in [-0.25, -0.2) is 0 Å². The molecule has 0 atom stereocenters. The highest BCUT2D eigenvalue weighted by atomic mass is 79.9. The zero-order valence-corrected chi connectivity index (χ0v) is 12.4. The Kier molecular flexibility index (Phi) is 4.80. The van der Waals surface area contributed by atoms with Crippen molar-refractivity contribution in [2.24, 2.45) is 0 Å². The van der Waals surface area contributed by atoms with E-state index in [0.717, 1.165) is 10.0 Å². The van der Waals surface area contributed by atoms with Crippen LogP contribution in [-0.4, -0.2) is 21.6 Å². The molecule has 0 spiro atoms. The van der Waals surface area contributed by atoms with Crippen molar-refractivity contribution >= 4 is 21.6 Å². The maximum Gasteiger partial charge on any atom is 0.270 e. The molecule has 1 aromatic carbocycles. The van der Waals surface area contributed by atoms with Gasteiger partial charge in [-0.3, -0.25) is 10.1 Å². The van der Waals surface area contributed by atoms with Crippen LogP contribution < -0.4 is 5.32 Å². The molecule has 0 aliphatic carbocycles. The molecule has 0 bridgehead atoms. The molecule has 7 nitrogen and oxygen atoms in total. The van der Waals surface area contributed by atoms with E-state index in [9.17, 15) is 10.1 Å². The molecule has 1 aromatic heterocycles. The highest BCUT2D eigenvalue weighted by Gasteiger charge is 2.09. The smallest absolute Gasteiger partial charge is 0.270 e. The molecule has 1 heterocycles. The van der Waals surface area contributed by atoms with E-state index < -0.39 is 4.92 Å². The molecule has 0 radical (unpaired) electrons. The summed E-state index contributed by atoms with van der Waals surface area (Å²) in [6.45, 7) is 3.05. The summed E-state index contributed by atoms with van der Waals surface area (Å²) < 4.78 is 5.59. The van der Waals surface area contributed by atoms with Crippen LogP contribution in [0.15, 0.2) is 27.2 Å². The Bertz CT molecular complexity index is 614. The average Bonchev–Trinajstić information content (AvgIpc) is 2.81. The molecule has 2 aromatic rings. The summed E-state index contributed by atoms with van der Waals surface area (Å²) in [5, 5.41) is 17.7. The second-order valence-corrected chi connectivity index (χ2v) is 5.04. The molecule has 8 heteroatoms. The number of rotatable bonds is 6. The number of nitro groups is 1. The van der Waals surface area contributed by atoms with Crippen molar-refractivity contribution < 1.29 is 9.45 Å². The van der Waals surface area contributed by atoms with Crippen LogP contribution in [0.5, 0.6) is 0 Å². The third kappa shape index (κ3) is 3.84. The number of halogens is 1. The van der Waals surface area contributed by atoms with Crippen molar-refractivity contribution in [1.29, 1.82) is 0 Å².